The van der Waals surface area contributed by atoms with Crippen molar-refractivity contribution in [2.24, 2.45) is 5.10 Å². The minimum Gasteiger partial charge on any atom is -0.481 e. The normalized spacial score (nSPS) is 12.4. The lowest BCUT2D eigenvalue weighted by Crippen LogP contribution is -2.33. The molecule has 112 valence electrons. The molecule has 2 aromatic carbocycles. The summed E-state index contributed by atoms with van der Waals surface area (Å²) in [6.07, 6.45) is 4.58. The molecule has 0 spiro atoms. The van der Waals surface area contributed by atoms with Crippen LogP contribution in [-0.2, 0) is 4.79 Å². The number of rotatable bonds is 6. The minimum atomic E-state index is -0.613. The highest BCUT2D eigenvalue weighted by molar-refractivity contribution is 5.83. The van der Waals surface area contributed by atoms with Crippen LogP contribution in [0.1, 0.15) is 12.5 Å². The highest BCUT2D eigenvalue weighted by Gasteiger charge is 2.13. The van der Waals surface area contributed by atoms with Gasteiger partial charge < -0.3 is 4.74 Å². The Kier molecular flexibility index (Phi) is 5.93. The lowest BCUT2D eigenvalue weighted by Gasteiger charge is -2.12. The van der Waals surface area contributed by atoms with Crippen molar-refractivity contribution in [3.05, 3.63) is 72.3 Å². The number of amides is 1. The number of hydrogen-bond acceptors (Lipinski definition) is 3. The highest BCUT2D eigenvalue weighted by atomic mass is 16.5. The van der Waals surface area contributed by atoms with Crippen LogP contribution in [0.15, 0.2) is 71.8 Å². The average molecular weight is 294 g/mol. The molecule has 4 heteroatoms. The number of benzene rings is 2. The summed E-state index contributed by atoms with van der Waals surface area (Å²) >= 11 is 0. The fraction of sp³-hybridized carbons (Fsp3) is 0.111. The van der Waals surface area contributed by atoms with E-state index in [0.717, 1.165) is 5.56 Å². The summed E-state index contributed by atoms with van der Waals surface area (Å²) in [6.45, 7) is 1.68. The summed E-state index contributed by atoms with van der Waals surface area (Å²) in [5, 5.41) is 3.86. The van der Waals surface area contributed by atoms with Gasteiger partial charge in [0.25, 0.3) is 5.91 Å². The molecule has 1 amide bonds. The molecule has 2 aromatic rings. The van der Waals surface area contributed by atoms with Crippen LogP contribution in [0.5, 0.6) is 5.75 Å². The van der Waals surface area contributed by atoms with Crippen LogP contribution in [0.25, 0.3) is 6.08 Å². The summed E-state index contributed by atoms with van der Waals surface area (Å²) in [5.74, 6) is 0.353. The maximum atomic E-state index is 11.8. The number of hydrogen-bond donors (Lipinski definition) is 1. The van der Waals surface area contributed by atoms with Crippen LogP contribution < -0.4 is 10.2 Å². The number of nitrogens with zero attached hydrogens (tertiary/aromatic N) is 1. The largest absolute Gasteiger partial charge is 0.481 e. The molecule has 1 atom stereocenters. The average Bonchev–Trinajstić information content (AvgIpc) is 2.56. The third-order valence-electron chi connectivity index (χ3n) is 2.85. The van der Waals surface area contributed by atoms with Crippen molar-refractivity contribution in [2.45, 2.75) is 13.0 Å². The summed E-state index contributed by atoms with van der Waals surface area (Å²) in [7, 11) is 0. The molecule has 0 aliphatic heterocycles. The second-order valence-corrected chi connectivity index (χ2v) is 4.60. The van der Waals surface area contributed by atoms with Gasteiger partial charge in [-0.1, -0.05) is 54.6 Å². The zero-order chi connectivity index (χ0) is 15.6. The van der Waals surface area contributed by atoms with Gasteiger partial charge in [0.2, 0.25) is 0 Å². The van der Waals surface area contributed by atoms with Crippen molar-refractivity contribution >= 4 is 18.2 Å². The lowest BCUT2D eigenvalue weighted by molar-refractivity contribution is -0.127. The summed E-state index contributed by atoms with van der Waals surface area (Å²) in [4.78, 5) is 11.8. The van der Waals surface area contributed by atoms with E-state index in [4.69, 9.17) is 4.74 Å². The smallest absolute Gasteiger partial charge is 0.280 e. The van der Waals surface area contributed by atoms with E-state index in [1.165, 1.54) is 6.21 Å². The Morgan fingerprint density at radius 2 is 1.73 bits per heavy atom. The number of carbonyl (C=O) groups excluding carboxylic acids is 1. The summed E-state index contributed by atoms with van der Waals surface area (Å²) in [5.41, 5.74) is 3.51. The highest BCUT2D eigenvalue weighted by Crippen LogP contribution is 2.10. The number of hydrazone groups is 1. The maximum absolute atomic E-state index is 11.8. The molecular formula is C18H18N2O2. The molecule has 0 aromatic heterocycles. The quantitative estimate of drug-likeness (QED) is 0.656. The Balaban J connectivity index is 1.77. The Labute approximate surface area is 130 Å². The van der Waals surface area contributed by atoms with Gasteiger partial charge in [-0.2, -0.15) is 5.10 Å². The fourth-order valence-corrected chi connectivity index (χ4v) is 1.71. The molecule has 1 N–H and O–H groups in total. The Morgan fingerprint density at radius 3 is 2.41 bits per heavy atom. The number of nitrogens with one attached hydrogen (secondary N) is 1. The Bertz CT molecular complexity index is 637. The van der Waals surface area contributed by atoms with Crippen LogP contribution in [0.3, 0.4) is 0 Å². The van der Waals surface area contributed by atoms with E-state index in [1.54, 1.807) is 25.1 Å². The molecule has 0 unspecified atom stereocenters. The lowest BCUT2D eigenvalue weighted by atomic mass is 10.2. The first-order chi connectivity index (χ1) is 10.8. The van der Waals surface area contributed by atoms with Crippen LogP contribution in [0.4, 0.5) is 0 Å². The zero-order valence-electron chi connectivity index (χ0n) is 12.3. The third-order valence-corrected chi connectivity index (χ3v) is 2.85. The van der Waals surface area contributed by atoms with Gasteiger partial charge in [0.15, 0.2) is 6.10 Å². The predicted octanol–water partition coefficient (Wildman–Crippen LogP) is 3.27. The molecular weight excluding hydrogens is 276 g/mol. The maximum Gasteiger partial charge on any atom is 0.280 e. The van der Waals surface area contributed by atoms with E-state index in [0.29, 0.717) is 5.75 Å². The van der Waals surface area contributed by atoms with Gasteiger partial charge >= 0.3 is 0 Å². The first-order valence-electron chi connectivity index (χ1n) is 7.02. The first-order valence-corrected chi connectivity index (χ1v) is 7.02. The van der Waals surface area contributed by atoms with Crippen LogP contribution in [0.2, 0.25) is 0 Å². The van der Waals surface area contributed by atoms with Crippen molar-refractivity contribution in [1.29, 1.82) is 0 Å². The molecule has 0 aliphatic carbocycles. The zero-order valence-corrected chi connectivity index (χ0v) is 12.3. The van der Waals surface area contributed by atoms with Crippen LogP contribution in [-0.4, -0.2) is 18.2 Å². The minimum absolute atomic E-state index is 0.298. The van der Waals surface area contributed by atoms with E-state index in [-0.39, 0.29) is 5.91 Å². The molecule has 0 heterocycles. The Morgan fingerprint density at radius 1 is 1.09 bits per heavy atom. The molecule has 0 bridgehead atoms. The first kappa shape index (κ1) is 15.5. The monoisotopic (exact) mass is 294 g/mol. The number of para-hydroxylation sites is 1. The molecule has 4 nitrogen and oxygen atoms in total. The van der Waals surface area contributed by atoms with Gasteiger partial charge in [0.05, 0.1) is 0 Å². The predicted molar refractivity (Wildman–Crippen MR) is 88.6 cm³/mol. The van der Waals surface area contributed by atoms with Gasteiger partial charge in [0, 0.05) is 6.21 Å². The number of ether oxygens (including phenoxy) is 1. The van der Waals surface area contributed by atoms with E-state index >= 15 is 0 Å². The Hall–Kier alpha value is -2.88. The standard InChI is InChI=1S/C18H18N2O2/c1-15(22-17-12-6-3-7-13-17)18(21)20-19-14-8-11-16-9-4-2-5-10-16/h2-15H,1H3,(H,20,21)/b11-8+,19-14+/t15-/m0/s1. The number of carbonyl (C=O) groups is 1. The van der Waals surface area contributed by atoms with Crippen LogP contribution >= 0.6 is 0 Å². The topological polar surface area (TPSA) is 50.7 Å². The summed E-state index contributed by atoms with van der Waals surface area (Å²) < 4.78 is 5.50. The van der Waals surface area contributed by atoms with Gasteiger partial charge in [-0.25, -0.2) is 5.43 Å². The molecule has 2 rings (SSSR count). The van der Waals surface area contributed by atoms with E-state index < -0.39 is 6.10 Å². The van der Waals surface area contributed by atoms with Crippen molar-refractivity contribution in [3.8, 4) is 5.75 Å². The number of allylic oxidation sites excluding steroid dienone is 1. The second-order valence-electron chi connectivity index (χ2n) is 4.60. The van der Waals surface area contributed by atoms with Gasteiger partial charge in [-0.15, -0.1) is 0 Å². The fourth-order valence-electron chi connectivity index (χ4n) is 1.71. The molecule has 0 saturated heterocycles. The van der Waals surface area contributed by atoms with E-state index in [9.17, 15) is 4.79 Å². The van der Waals surface area contributed by atoms with Crippen molar-refractivity contribution in [3.63, 3.8) is 0 Å². The molecule has 0 saturated carbocycles. The van der Waals surface area contributed by atoms with Crippen molar-refractivity contribution < 1.29 is 9.53 Å². The van der Waals surface area contributed by atoms with Gasteiger partial charge in [-0.3, -0.25) is 4.79 Å². The second kappa shape index (κ2) is 8.42. The van der Waals surface area contributed by atoms with Crippen LogP contribution in [0, 0.1) is 0 Å². The van der Waals surface area contributed by atoms with Crippen molar-refractivity contribution in [2.75, 3.05) is 0 Å². The van der Waals surface area contributed by atoms with E-state index in [2.05, 4.69) is 10.5 Å². The van der Waals surface area contributed by atoms with Crippen molar-refractivity contribution in [1.82, 2.24) is 5.43 Å². The SMILES string of the molecule is C[C@H](Oc1ccccc1)C(=O)N/N=C/C=C/c1ccccc1. The van der Waals surface area contributed by atoms with Gasteiger partial charge in [0.1, 0.15) is 5.75 Å². The summed E-state index contributed by atoms with van der Waals surface area (Å²) in [6, 6.07) is 19.0. The molecule has 0 radical (unpaired) electrons. The molecule has 0 fully saturated rings. The molecule has 0 aliphatic rings. The van der Waals surface area contributed by atoms with Gasteiger partial charge in [-0.05, 0) is 30.7 Å². The molecule has 22 heavy (non-hydrogen) atoms. The van der Waals surface area contributed by atoms with E-state index in [1.807, 2.05) is 54.6 Å². The third kappa shape index (κ3) is 5.25.